The average Bonchev–Trinajstić information content (AvgIpc) is 3.91. The Morgan fingerprint density at radius 1 is 0.471 bits per heavy atom. The maximum Gasteiger partial charge on any atom is 0.336 e. The molecule has 4 heterocycles. The summed E-state index contributed by atoms with van der Waals surface area (Å²) in [5.41, 5.74) is -3.30. The Hall–Kier alpha value is -5.85. The van der Waals surface area contributed by atoms with Crippen LogP contribution in [0.2, 0.25) is 0 Å². The maximum absolute atomic E-state index is 13.6. The highest BCUT2D eigenvalue weighted by molar-refractivity contribution is 5.48. The molecule has 270 valence electrons. The molecule has 4 aromatic rings. The predicted octanol–water partition coefficient (Wildman–Crippen LogP) is -0.322. The molecule has 51 heavy (non-hydrogen) atoms. The molecule has 0 radical (unpaired) electrons. The van der Waals surface area contributed by atoms with Gasteiger partial charge in [-0.2, -0.15) is 0 Å². The fourth-order valence-electron chi connectivity index (χ4n) is 5.42. The molecule has 0 saturated heterocycles. The van der Waals surface area contributed by atoms with Crippen LogP contribution in [-0.2, 0) is 19.6 Å². The van der Waals surface area contributed by atoms with Gasteiger partial charge in [0.2, 0.25) is 20.4 Å². The Balaban J connectivity index is 1.08. The Morgan fingerprint density at radius 3 is 1.04 bits per heavy atom. The van der Waals surface area contributed by atoms with Crippen molar-refractivity contribution in [1.29, 1.82) is 0 Å². The van der Waals surface area contributed by atoms with Crippen molar-refractivity contribution in [2.45, 2.75) is 37.9 Å². The number of benzene rings is 3. The van der Waals surface area contributed by atoms with E-state index in [0.29, 0.717) is 65.4 Å². The quantitative estimate of drug-likeness (QED) is 0.144. The van der Waals surface area contributed by atoms with E-state index in [9.17, 15) is 29.7 Å². The van der Waals surface area contributed by atoms with Crippen LogP contribution in [0.5, 0.6) is 51.7 Å². The monoisotopic (exact) mass is 711 g/mol. The van der Waals surface area contributed by atoms with Gasteiger partial charge in [-0.05, 0) is 36.4 Å². The summed E-state index contributed by atoms with van der Waals surface area (Å²) in [7, 11) is 0. The molecular formula is C33H33N3O15. The van der Waals surface area contributed by atoms with Crippen LogP contribution in [0, 0.1) is 0 Å². The van der Waals surface area contributed by atoms with Crippen molar-refractivity contribution in [3.63, 3.8) is 0 Å². The second-order valence-electron chi connectivity index (χ2n) is 11.6. The van der Waals surface area contributed by atoms with Gasteiger partial charge in [0.25, 0.3) is 0 Å². The van der Waals surface area contributed by atoms with E-state index in [1.807, 2.05) is 0 Å². The number of aromatic nitrogens is 3. The van der Waals surface area contributed by atoms with Gasteiger partial charge in [0.15, 0.2) is 34.5 Å². The lowest BCUT2D eigenvalue weighted by Crippen LogP contribution is -2.57. The number of hydrogen-bond donors (Lipinski definition) is 3. The van der Waals surface area contributed by atoms with Crippen LogP contribution in [0.4, 0.5) is 0 Å². The zero-order valence-electron chi connectivity index (χ0n) is 26.9. The highest BCUT2D eigenvalue weighted by Crippen LogP contribution is 2.37. The summed E-state index contributed by atoms with van der Waals surface area (Å²) in [6.07, 6.45) is -4.21. The van der Waals surface area contributed by atoms with Crippen LogP contribution in [0.15, 0.2) is 69.0 Å². The summed E-state index contributed by atoms with van der Waals surface area (Å²) < 4.78 is 50.6. The third-order valence-corrected chi connectivity index (χ3v) is 7.92. The highest BCUT2D eigenvalue weighted by Gasteiger charge is 2.23. The second kappa shape index (κ2) is 14.6. The van der Waals surface area contributed by atoms with Crippen molar-refractivity contribution in [2.75, 3.05) is 40.2 Å². The van der Waals surface area contributed by atoms with Crippen LogP contribution in [0.25, 0.3) is 0 Å². The normalized spacial score (nSPS) is 15.4. The van der Waals surface area contributed by atoms with E-state index in [1.165, 1.54) is 0 Å². The van der Waals surface area contributed by atoms with Crippen molar-refractivity contribution in [2.24, 2.45) is 0 Å². The van der Waals surface area contributed by atoms with E-state index in [-0.39, 0.29) is 40.2 Å². The molecule has 3 atom stereocenters. The number of aliphatic hydroxyl groups excluding tert-OH is 3. The molecule has 0 amide bonds. The SMILES string of the molecule is O=c1n(CC(O)COc2ccc3c(c2)OCO3)c(=O)n(CC(O)COc2ccc3c(c2)OCO3)c(=O)n1CC(O)COc1ccc2c(c1)OCO2. The molecule has 0 saturated carbocycles. The molecule has 0 fully saturated rings. The van der Waals surface area contributed by atoms with Crippen LogP contribution >= 0.6 is 0 Å². The summed E-state index contributed by atoms with van der Waals surface area (Å²) >= 11 is 0. The van der Waals surface area contributed by atoms with Crippen LogP contribution in [0.3, 0.4) is 0 Å². The molecule has 0 aliphatic carbocycles. The van der Waals surface area contributed by atoms with E-state index in [0.717, 1.165) is 0 Å². The van der Waals surface area contributed by atoms with E-state index in [4.69, 9.17) is 42.6 Å². The predicted molar refractivity (Wildman–Crippen MR) is 171 cm³/mol. The fourth-order valence-corrected chi connectivity index (χ4v) is 5.42. The molecule has 7 rings (SSSR count). The lowest BCUT2D eigenvalue weighted by molar-refractivity contribution is 0.0748. The molecule has 1 aromatic heterocycles. The standard InChI is InChI=1S/C33H33N3O15/c37-19(13-43-22-1-4-25-28(7-22)49-16-46-25)10-34-31(40)35(11-20(38)14-44-23-2-5-26-29(8-23)50-17-47-26)33(42)36(32(34)41)12-21(39)15-45-24-3-6-27-30(9-24)51-18-48-27/h1-9,19-21,37-39H,10-18H2. The van der Waals surface area contributed by atoms with E-state index < -0.39 is 55.0 Å². The molecular weight excluding hydrogens is 678 g/mol. The number of hydrogen-bond acceptors (Lipinski definition) is 15. The zero-order valence-corrected chi connectivity index (χ0v) is 26.9. The number of nitrogens with zero attached hydrogens (tertiary/aromatic N) is 3. The van der Waals surface area contributed by atoms with Crippen molar-refractivity contribution in [1.82, 2.24) is 13.7 Å². The molecule has 18 heteroatoms. The minimum atomic E-state index is -1.40. The van der Waals surface area contributed by atoms with E-state index >= 15 is 0 Å². The van der Waals surface area contributed by atoms with Gasteiger partial charge >= 0.3 is 17.1 Å². The molecule has 3 aliphatic heterocycles. The van der Waals surface area contributed by atoms with Crippen molar-refractivity contribution < 1.29 is 58.0 Å². The summed E-state index contributed by atoms with van der Waals surface area (Å²) in [5.74, 6) is 3.97. The number of ether oxygens (including phenoxy) is 9. The van der Waals surface area contributed by atoms with Gasteiger partial charge in [-0.25, -0.2) is 28.1 Å². The van der Waals surface area contributed by atoms with Gasteiger partial charge in [-0.1, -0.05) is 0 Å². The van der Waals surface area contributed by atoms with E-state index in [2.05, 4.69) is 0 Å². The van der Waals surface area contributed by atoms with Crippen LogP contribution < -0.4 is 59.7 Å². The van der Waals surface area contributed by atoms with Crippen molar-refractivity contribution in [3.8, 4) is 51.7 Å². The van der Waals surface area contributed by atoms with Crippen LogP contribution in [-0.4, -0.2) is 87.5 Å². The average molecular weight is 712 g/mol. The first kappa shape index (κ1) is 33.6. The molecule has 3 N–H and O–H groups in total. The topological polar surface area (TPSA) is 210 Å². The van der Waals surface area contributed by atoms with Gasteiger partial charge in [0.1, 0.15) is 55.4 Å². The molecule has 0 spiro atoms. The number of aliphatic hydroxyl groups is 3. The summed E-state index contributed by atoms with van der Waals surface area (Å²) in [6, 6.07) is 14.4. The van der Waals surface area contributed by atoms with E-state index in [1.54, 1.807) is 54.6 Å². The van der Waals surface area contributed by atoms with Gasteiger partial charge in [-0.15, -0.1) is 0 Å². The summed E-state index contributed by atoms with van der Waals surface area (Å²) in [6.45, 7) is -2.61. The first-order valence-electron chi connectivity index (χ1n) is 15.8. The van der Waals surface area contributed by atoms with Crippen molar-refractivity contribution in [3.05, 3.63) is 86.1 Å². The van der Waals surface area contributed by atoms with Crippen LogP contribution in [0.1, 0.15) is 0 Å². The second-order valence-corrected chi connectivity index (χ2v) is 11.6. The molecule has 3 aliphatic rings. The molecule has 18 nitrogen and oxygen atoms in total. The Bertz CT molecular complexity index is 1810. The molecule has 3 aromatic carbocycles. The Kier molecular flexibility index (Phi) is 9.60. The summed E-state index contributed by atoms with van der Waals surface area (Å²) in [5, 5.41) is 32.5. The first-order chi connectivity index (χ1) is 24.7. The highest BCUT2D eigenvalue weighted by atomic mass is 16.7. The minimum absolute atomic E-state index is 0.0603. The lowest BCUT2D eigenvalue weighted by Gasteiger charge is -2.20. The van der Waals surface area contributed by atoms with Gasteiger partial charge in [0, 0.05) is 18.2 Å². The maximum atomic E-state index is 13.6. The number of fused-ring (bicyclic) bond motifs is 3. The largest absolute Gasteiger partial charge is 0.491 e. The Labute approximate surface area is 287 Å². The minimum Gasteiger partial charge on any atom is -0.491 e. The molecule has 3 unspecified atom stereocenters. The zero-order chi connectivity index (χ0) is 35.5. The van der Waals surface area contributed by atoms with Crippen molar-refractivity contribution >= 4 is 0 Å². The number of rotatable bonds is 15. The third-order valence-electron chi connectivity index (χ3n) is 7.92. The van der Waals surface area contributed by atoms with Gasteiger partial charge in [0.05, 0.1) is 19.6 Å². The third kappa shape index (κ3) is 7.52. The summed E-state index contributed by atoms with van der Waals surface area (Å²) in [4.78, 5) is 40.7. The lowest BCUT2D eigenvalue weighted by atomic mass is 10.3. The molecule has 0 bridgehead atoms. The smallest absolute Gasteiger partial charge is 0.336 e. The van der Waals surface area contributed by atoms with Gasteiger partial charge in [-0.3, -0.25) is 0 Å². The van der Waals surface area contributed by atoms with Gasteiger partial charge < -0.3 is 58.0 Å². The first-order valence-corrected chi connectivity index (χ1v) is 15.8. The Morgan fingerprint density at radius 2 is 0.745 bits per heavy atom. The fraction of sp³-hybridized carbons (Fsp3) is 0.364.